The molecule has 1 aromatic rings. The number of nitrogens with zero attached hydrogens (tertiary/aromatic N) is 3. The minimum Gasteiger partial charge on any atom is -0.337 e. The molecule has 1 aliphatic rings. The molecule has 0 saturated carbocycles. The molecule has 2 rings (SSSR count). The second kappa shape index (κ2) is 6.87. The van der Waals surface area contributed by atoms with Gasteiger partial charge >= 0.3 is 0 Å². The number of carbonyl (C=O) groups excluding carboxylic acids is 1. The summed E-state index contributed by atoms with van der Waals surface area (Å²) in [6.07, 6.45) is 1.04. The topological polar surface area (TPSA) is 74.5 Å². The van der Waals surface area contributed by atoms with Crippen LogP contribution < -0.4 is 11.3 Å². The maximum atomic E-state index is 12.6. The van der Waals surface area contributed by atoms with Crippen molar-refractivity contribution in [3.8, 4) is 0 Å². The highest BCUT2D eigenvalue weighted by molar-refractivity contribution is 5.95. The van der Waals surface area contributed by atoms with Gasteiger partial charge in [-0.05, 0) is 38.6 Å². The summed E-state index contributed by atoms with van der Waals surface area (Å²) < 4.78 is 0. The van der Waals surface area contributed by atoms with Crippen LogP contribution in [0, 0.1) is 6.92 Å². The van der Waals surface area contributed by atoms with Gasteiger partial charge in [0.2, 0.25) is 0 Å². The Morgan fingerprint density at radius 1 is 1.48 bits per heavy atom. The van der Waals surface area contributed by atoms with Crippen LogP contribution in [0.3, 0.4) is 0 Å². The van der Waals surface area contributed by atoms with Gasteiger partial charge in [-0.3, -0.25) is 9.69 Å². The van der Waals surface area contributed by atoms with Crippen LogP contribution >= 0.6 is 0 Å². The van der Waals surface area contributed by atoms with Gasteiger partial charge in [0.1, 0.15) is 5.82 Å². The van der Waals surface area contributed by atoms with Gasteiger partial charge in [0.25, 0.3) is 5.91 Å². The number of pyridine rings is 1. The normalized spacial score (nSPS) is 18.3. The van der Waals surface area contributed by atoms with Crippen molar-refractivity contribution in [1.82, 2.24) is 14.8 Å². The summed E-state index contributed by atoms with van der Waals surface area (Å²) in [7, 11) is 0. The number of nitrogens with one attached hydrogen (secondary N) is 1. The zero-order valence-electron chi connectivity index (χ0n) is 13.1. The van der Waals surface area contributed by atoms with E-state index in [0.29, 0.717) is 17.4 Å². The Balaban J connectivity index is 2.09. The molecule has 116 valence electrons. The molecule has 3 N–H and O–H groups in total. The highest BCUT2D eigenvalue weighted by Gasteiger charge is 2.29. The molecule has 0 spiro atoms. The monoisotopic (exact) mass is 291 g/mol. The minimum absolute atomic E-state index is 0.0617. The highest BCUT2D eigenvalue weighted by Crippen LogP contribution is 2.19. The summed E-state index contributed by atoms with van der Waals surface area (Å²) in [6.45, 7) is 9.86. The van der Waals surface area contributed by atoms with Gasteiger partial charge in [-0.15, -0.1) is 0 Å². The van der Waals surface area contributed by atoms with E-state index in [1.54, 1.807) is 6.07 Å². The third kappa shape index (κ3) is 3.51. The van der Waals surface area contributed by atoms with E-state index < -0.39 is 0 Å². The Bertz CT molecular complexity index is 501. The van der Waals surface area contributed by atoms with Crippen molar-refractivity contribution < 1.29 is 4.79 Å². The van der Waals surface area contributed by atoms with Crippen molar-refractivity contribution in [1.29, 1.82) is 0 Å². The van der Waals surface area contributed by atoms with E-state index in [1.807, 2.05) is 17.9 Å². The molecule has 1 saturated heterocycles. The van der Waals surface area contributed by atoms with Gasteiger partial charge in [-0.2, -0.15) is 0 Å². The van der Waals surface area contributed by atoms with Crippen molar-refractivity contribution in [2.45, 2.75) is 33.2 Å². The van der Waals surface area contributed by atoms with Crippen LogP contribution in [-0.2, 0) is 0 Å². The molecular formula is C15H25N5O. The second-order valence-corrected chi connectivity index (χ2v) is 5.44. The van der Waals surface area contributed by atoms with Crippen molar-refractivity contribution in [3.63, 3.8) is 0 Å². The molecule has 0 aromatic carbocycles. The molecule has 0 aliphatic carbocycles. The number of nitrogens with two attached hydrogens (primary N) is 1. The van der Waals surface area contributed by atoms with E-state index in [1.165, 1.54) is 0 Å². The zero-order chi connectivity index (χ0) is 15.4. The van der Waals surface area contributed by atoms with Crippen molar-refractivity contribution in [2.75, 3.05) is 31.6 Å². The first-order chi connectivity index (χ1) is 10.1. The Hall–Kier alpha value is -1.66. The van der Waals surface area contributed by atoms with Crippen LogP contribution in [-0.4, -0.2) is 52.9 Å². The smallest absolute Gasteiger partial charge is 0.254 e. The quantitative estimate of drug-likeness (QED) is 0.630. The summed E-state index contributed by atoms with van der Waals surface area (Å²) in [5.41, 5.74) is 3.94. The van der Waals surface area contributed by atoms with Crippen LogP contribution in [0.1, 0.15) is 36.3 Å². The number of hydrogen-bond donors (Lipinski definition) is 2. The summed E-state index contributed by atoms with van der Waals surface area (Å²) in [6, 6.07) is 3.99. The summed E-state index contributed by atoms with van der Waals surface area (Å²) in [5, 5.41) is 0. The second-order valence-electron chi connectivity index (χ2n) is 5.44. The Morgan fingerprint density at radius 2 is 2.19 bits per heavy atom. The Labute approximate surface area is 126 Å². The number of carbonyl (C=O) groups is 1. The zero-order valence-corrected chi connectivity index (χ0v) is 13.1. The fourth-order valence-corrected chi connectivity index (χ4v) is 3.01. The first kappa shape index (κ1) is 15.7. The van der Waals surface area contributed by atoms with E-state index in [4.69, 9.17) is 5.84 Å². The van der Waals surface area contributed by atoms with Gasteiger partial charge in [0.05, 0.1) is 0 Å². The lowest BCUT2D eigenvalue weighted by molar-refractivity contribution is 0.0778. The molecule has 1 aliphatic heterocycles. The SMILES string of the molecule is CCN(CC)C1CCN(C(=O)c2cc(C)nc(NN)c2)C1. The molecule has 21 heavy (non-hydrogen) atoms. The molecule has 1 atom stereocenters. The van der Waals surface area contributed by atoms with Gasteiger partial charge in [-0.25, -0.2) is 10.8 Å². The van der Waals surface area contributed by atoms with E-state index in [0.717, 1.165) is 38.3 Å². The fourth-order valence-electron chi connectivity index (χ4n) is 3.01. The molecule has 6 heteroatoms. The molecule has 1 aromatic heterocycles. The van der Waals surface area contributed by atoms with E-state index in [9.17, 15) is 4.79 Å². The number of aromatic nitrogens is 1. The number of anilines is 1. The molecule has 0 radical (unpaired) electrons. The summed E-state index contributed by atoms with van der Waals surface area (Å²) in [5.74, 6) is 5.98. The van der Waals surface area contributed by atoms with Crippen molar-refractivity contribution in [3.05, 3.63) is 23.4 Å². The maximum Gasteiger partial charge on any atom is 0.254 e. The number of hydrogen-bond acceptors (Lipinski definition) is 5. The fraction of sp³-hybridized carbons (Fsp3) is 0.600. The number of aryl methyl sites for hydroxylation is 1. The number of likely N-dealkylation sites (N-methyl/N-ethyl adjacent to an activating group) is 1. The lowest BCUT2D eigenvalue weighted by Gasteiger charge is -2.26. The molecule has 2 heterocycles. The third-order valence-corrected chi connectivity index (χ3v) is 4.13. The third-order valence-electron chi connectivity index (χ3n) is 4.13. The largest absolute Gasteiger partial charge is 0.337 e. The Morgan fingerprint density at radius 3 is 2.81 bits per heavy atom. The van der Waals surface area contributed by atoms with Gasteiger partial charge in [-0.1, -0.05) is 13.8 Å². The Kier molecular flexibility index (Phi) is 5.14. The predicted molar refractivity (Wildman–Crippen MR) is 84.0 cm³/mol. The van der Waals surface area contributed by atoms with Crippen molar-refractivity contribution in [2.24, 2.45) is 5.84 Å². The maximum absolute atomic E-state index is 12.6. The minimum atomic E-state index is 0.0617. The summed E-state index contributed by atoms with van der Waals surface area (Å²) >= 11 is 0. The highest BCUT2D eigenvalue weighted by atomic mass is 16.2. The van der Waals surface area contributed by atoms with Gasteiger partial charge in [0, 0.05) is 30.4 Å². The van der Waals surface area contributed by atoms with Crippen LogP contribution in [0.4, 0.5) is 5.82 Å². The number of nitrogen functional groups attached to an aromatic ring is 1. The molecule has 1 amide bonds. The van der Waals surface area contributed by atoms with E-state index >= 15 is 0 Å². The van der Waals surface area contributed by atoms with Crippen LogP contribution in [0.5, 0.6) is 0 Å². The first-order valence-corrected chi connectivity index (χ1v) is 7.57. The molecule has 1 fully saturated rings. The van der Waals surface area contributed by atoms with Gasteiger partial charge in [0.15, 0.2) is 0 Å². The van der Waals surface area contributed by atoms with Crippen LogP contribution in [0.15, 0.2) is 12.1 Å². The molecule has 1 unspecified atom stereocenters. The average Bonchev–Trinajstić information content (AvgIpc) is 2.96. The van der Waals surface area contributed by atoms with Crippen LogP contribution in [0.25, 0.3) is 0 Å². The number of rotatable bonds is 5. The predicted octanol–water partition coefficient (Wildman–Crippen LogP) is 1.23. The van der Waals surface area contributed by atoms with E-state index in [-0.39, 0.29) is 5.91 Å². The number of amides is 1. The molecular weight excluding hydrogens is 266 g/mol. The van der Waals surface area contributed by atoms with Crippen molar-refractivity contribution >= 4 is 11.7 Å². The molecule has 6 nitrogen and oxygen atoms in total. The van der Waals surface area contributed by atoms with E-state index in [2.05, 4.69) is 29.2 Å². The van der Waals surface area contributed by atoms with Crippen LogP contribution in [0.2, 0.25) is 0 Å². The lowest BCUT2D eigenvalue weighted by atomic mass is 10.2. The summed E-state index contributed by atoms with van der Waals surface area (Å²) in [4.78, 5) is 21.2. The average molecular weight is 291 g/mol. The number of hydrazine groups is 1. The number of likely N-dealkylation sites (tertiary alicyclic amines) is 1. The lowest BCUT2D eigenvalue weighted by Crippen LogP contribution is -2.38. The van der Waals surface area contributed by atoms with Gasteiger partial charge < -0.3 is 10.3 Å². The standard InChI is InChI=1S/C15H25N5O/c1-4-19(5-2)13-6-7-20(10-13)15(21)12-8-11(3)17-14(9-12)18-16/h8-9,13H,4-7,10,16H2,1-3H3,(H,17,18). The first-order valence-electron chi connectivity index (χ1n) is 7.57. The molecule has 0 bridgehead atoms.